The summed E-state index contributed by atoms with van der Waals surface area (Å²) in [6.07, 6.45) is 0. The van der Waals surface area contributed by atoms with Gasteiger partial charge in [0.2, 0.25) is 0 Å². The number of para-hydroxylation sites is 1. The van der Waals surface area contributed by atoms with E-state index in [1.54, 1.807) is 0 Å². The molecule has 1 rings (SSSR count). The summed E-state index contributed by atoms with van der Waals surface area (Å²) in [5.41, 5.74) is 0. The van der Waals surface area contributed by atoms with Gasteiger partial charge in [-0.3, -0.25) is 0 Å². The fraction of sp³-hybridized carbons (Fsp3) is 0.538. The number of aliphatic hydroxyl groups excluding tert-OH is 1. The standard InChI is InChI=1S/C13H21NO2/c1-11(10-15)12(2)14-8-9-16-13-6-4-3-5-7-13/h3-7,11-12,14-15H,8-10H2,1-2H3. The molecule has 3 heteroatoms. The zero-order valence-corrected chi connectivity index (χ0v) is 10.0. The van der Waals surface area contributed by atoms with Crippen molar-refractivity contribution in [2.45, 2.75) is 19.9 Å². The molecule has 1 aromatic rings. The van der Waals surface area contributed by atoms with Gasteiger partial charge in [0.1, 0.15) is 12.4 Å². The summed E-state index contributed by atoms with van der Waals surface area (Å²) in [6.45, 7) is 5.75. The summed E-state index contributed by atoms with van der Waals surface area (Å²) in [6, 6.07) is 10.1. The second-order valence-electron chi connectivity index (χ2n) is 4.06. The van der Waals surface area contributed by atoms with Crippen molar-refractivity contribution in [3.05, 3.63) is 30.3 Å². The second kappa shape index (κ2) is 7.25. The van der Waals surface area contributed by atoms with E-state index in [2.05, 4.69) is 12.2 Å². The van der Waals surface area contributed by atoms with E-state index in [0.717, 1.165) is 12.3 Å². The lowest BCUT2D eigenvalue weighted by Gasteiger charge is -2.19. The highest BCUT2D eigenvalue weighted by Crippen LogP contribution is 2.07. The fourth-order valence-electron chi connectivity index (χ4n) is 1.33. The molecule has 0 aliphatic heterocycles. The first-order valence-electron chi connectivity index (χ1n) is 5.76. The predicted molar refractivity (Wildman–Crippen MR) is 65.7 cm³/mol. The monoisotopic (exact) mass is 223 g/mol. The Morgan fingerprint density at radius 1 is 1.25 bits per heavy atom. The number of hydrogen-bond acceptors (Lipinski definition) is 3. The number of nitrogens with one attached hydrogen (secondary N) is 1. The molecule has 0 aliphatic carbocycles. The van der Waals surface area contributed by atoms with Gasteiger partial charge in [0.25, 0.3) is 0 Å². The number of aliphatic hydroxyl groups is 1. The van der Waals surface area contributed by atoms with E-state index in [1.807, 2.05) is 37.3 Å². The molecule has 0 radical (unpaired) electrons. The van der Waals surface area contributed by atoms with E-state index in [-0.39, 0.29) is 12.5 Å². The number of ether oxygens (including phenoxy) is 1. The van der Waals surface area contributed by atoms with Crippen LogP contribution in [0.3, 0.4) is 0 Å². The van der Waals surface area contributed by atoms with Crippen LogP contribution in [0.2, 0.25) is 0 Å². The molecule has 0 saturated heterocycles. The number of hydrogen-bond donors (Lipinski definition) is 2. The quantitative estimate of drug-likeness (QED) is 0.691. The molecule has 0 heterocycles. The largest absolute Gasteiger partial charge is 0.492 e. The van der Waals surface area contributed by atoms with Crippen LogP contribution in [0.25, 0.3) is 0 Å². The van der Waals surface area contributed by atoms with Crippen molar-refractivity contribution < 1.29 is 9.84 Å². The van der Waals surface area contributed by atoms with Gasteiger partial charge in [-0.1, -0.05) is 25.1 Å². The number of benzene rings is 1. The van der Waals surface area contributed by atoms with E-state index in [4.69, 9.17) is 9.84 Å². The average molecular weight is 223 g/mol. The van der Waals surface area contributed by atoms with Crippen LogP contribution in [-0.4, -0.2) is 30.9 Å². The molecule has 2 unspecified atom stereocenters. The van der Waals surface area contributed by atoms with Crippen molar-refractivity contribution in [2.24, 2.45) is 5.92 Å². The van der Waals surface area contributed by atoms with Crippen LogP contribution in [0.4, 0.5) is 0 Å². The average Bonchev–Trinajstić information content (AvgIpc) is 2.34. The van der Waals surface area contributed by atoms with Crippen LogP contribution < -0.4 is 10.1 Å². The molecule has 2 atom stereocenters. The van der Waals surface area contributed by atoms with Gasteiger partial charge in [-0.2, -0.15) is 0 Å². The minimum atomic E-state index is 0.216. The van der Waals surface area contributed by atoms with Gasteiger partial charge in [-0.25, -0.2) is 0 Å². The maximum absolute atomic E-state index is 8.97. The lowest BCUT2D eigenvalue weighted by Crippen LogP contribution is -2.36. The first-order valence-corrected chi connectivity index (χ1v) is 5.76. The minimum Gasteiger partial charge on any atom is -0.492 e. The van der Waals surface area contributed by atoms with E-state index in [1.165, 1.54) is 0 Å². The Morgan fingerprint density at radius 3 is 2.56 bits per heavy atom. The van der Waals surface area contributed by atoms with Crippen LogP contribution in [0, 0.1) is 5.92 Å². The van der Waals surface area contributed by atoms with Crippen molar-refractivity contribution >= 4 is 0 Å². The molecule has 90 valence electrons. The van der Waals surface area contributed by atoms with Gasteiger partial charge in [0, 0.05) is 19.2 Å². The summed E-state index contributed by atoms with van der Waals surface area (Å²) in [5, 5.41) is 12.3. The Kier molecular flexibility index (Phi) is 5.90. The number of rotatable bonds is 7. The highest BCUT2D eigenvalue weighted by Gasteiger charge is 2.09. The van der Waals surface area contributed by atoms with E-state index >= 15 is 0 Å². The third-order valence-electron chi connectivity index (χ3n) is 2.72. The topological polar surface area (TPSA) is 41.5 Å². The molecule has 0 aromatic heterocycles. The van der Waals surface area contributed by atoms with Crippen LogP contribution in [0.1, 0.15) is 13.8 Å². The zero-order chi connectivity index (χ0) is 11.8. The van der Waals surface area contributed by atoms with Crippen LogP contribution in [0.5, 0.6) is 5.75 Å². The lowest BCUT2D eigenvalue weighted by molar-refractivity contribution is 0.202. The van der Waals surface area contributed by atoms with Crippen molar-refractivity contribution in [3.8, 4) is 5.75 Å². The second-order valence-corrected chi connectivity index (χ2v) is 4.06. The maximum Gasteiger partial charge on any atom is 0.119 e. The molecule has 0 amide bonds. The Hall–Kier alpha value is -1.06. The van der Waals surface area contributed by atoms with Gasteiger partial charge >= 0.3 is 0 Å². The van der Waals surface area contributed by atoms with Gasteiger partial charge in [0.15, 0.2) is 0 Å². The van der Waals surface area contributed by atoms with E-state index < -0.39 is 0 Å². The first-order chi connectivity index (χ1) is 7.74. The first kappa shape index (κ1) is 13.0. The summed E-state index contributed by atoms with van der Waals surface area (Å²) in [7, 11) is 0. The van der Waals surface area contributed by atoms with Crippen molar-refractivity contribution in [1.29, 1.82) is 0 Å². The Labute approximate surface area is 97.4 Å². The summed E-state index contributed by atoms with van der Waals surface area (Å²) in [4.78, 5) is 0. The highest BCUT2D eigenvalue weighted by atomic mass is 16.5. The molecule has 0 fully saturated rings. The summed E-state index contributed by atoms with van der Waals surface area (Å²) in [5.74, 6) is 1.17. The Bertz CT molecular complexity index is 277. The molecule has 1 aromatic carbocycles. The SMILES string of the molecule is CC(CO)C(C)NCCOc1ccccc1. The fourth-order valence-corrected chi connectivity index (χ4v) is 1.33. The molecular formula is C13H21NO2. The van der Waals surface area contributed by atoms with Crippen molar-refractivity contribution in [2.75, 3.05) is 19.8 Å². The van der Waals surface area contributed by atoms with Crippen molar-refractivity contribution in [1.82, 2.24) is 5.32 Å². The molecule has 2 N–H and O–H groups in total. The third kappa shape index (κ3) is 4.64. The zero-order valence-electron chi connectivity index (χ0n) is 10.0. The lowest BCUT2D eigenvalue weighted by atomic mass is 10.1. The predicted octanol–water partition coefficient (Wildman–Crippen LogP) is 1.67. The Balaban J connectivity index is 2.13. The van der Waals surface area contributed by atoms with Gasteiger partial charge in [-0.15, -0.1) is 0 Å². The normalized spacial score (nSPS) is 14.4. The van der Waals surface area contributed by atoms with Crippen molar-refractivity contribution in [3.63, 3.8) is 0 Å². The molecule has 16 heavy (non-hydrogen) atoms. The maximum atomic E-state index is 8.97. The van der Waals surface area contributed by atoms with Gasteiger partial charge < -0.3 is 15.2 Å². The van der Waals surface area contributed by atoms with Crippen LogP contribution in [-0.2, 0) is 0 Å². The van der Waals surface area contributed by atoms with E-state index in [9.17, 15) is 0 Å². The van der Waals surface area contributed by atoms with E-state index in [0.29, 0.717) is 12.6 Å². The molecule has 0 bridgehead atoms. The highest BCUT2D eigenvalue weighted by molar-refractivity contribution is 5.20. The molecule has 0 aliphatic rings. The summed E-state index contributed by atoms with van der Waals surface area (Å²) < 4.78 is 5.54. The molecule has 0 saturated carbocycles. The third-order valence-corrected chi connectivity index (χ3v) is 2.72. The molecular weight excluding hydrogens is 202 g/mol. The van der Waals surface area contributed by atoms with Gasteiger partial charge in [-0.05, 0) is 25.0 Å². The Morgan fingerprint density at radius 2 is 1.94 bits per heavy atom. The van der Waals surface area contributed by atoms with Crippen LogP contribution in [0.15, 0.2) is 30.3 Å². The molecule has 0 spiro atoms. The van der Waals surface area contributed by atoms with Gasteiger partial charge in [0.05, 0.1) is 0 Å². The minimum absolute atomic E-state index is 0.216. The molecule has 3 nitrogen and oxygen atoms in total. The van der Waals surface area contributed by atoms with Crippen LogP contribution >= 0.6 is 0 Å². The summed E-state index contributed by atoms with van der Waals surface area (Å²) >= 11 is 0. The smallest absolute Gasteiger partial charge is 0.119 e.